The van der Waals surface area contributed by atoms with E-state index in [0.717, 1.165) is 6.33 Å². The Balaban J connectivity index is 0.00000176. The molecule has 22 heavy (non-hydrogen) atoms. The zero-order valence-electron chi connectivity index (χ0n) is 11.7. The maximum atomic E-state index is 12.1. The first-order chi connectivity index (χ1) is 10.2. The number of aromatic nitrogens is 3. The van der Waals surface area contributed by atoms with Gasteiger partial charge >= 0.3 is 5.97 Å². The van der Waals surface area contributed by atoms with E-state index < -0.39 is 5.97 Å². The first-order valence-corrected chi connectivity index (χ1v) is 6.08. The number of nitrogens with one attached hydrogen (secondary N) is 2. The number of carbonyl (C=O) groups is 2. The minimum absolute atomic E-state index is 0. The van der Waals surface area contributed by atoms with E-state index >= 15 is 0 Å². The third kappa shape index (κ3) is 3.26. The second-order valence-electron chi connectivity index (χ2n) is 4.27. The van der Waals surface area contributed by atoms with Crippen molar-refractivity contribution in [3.63, 3.8) is 0 Å². The van der Waals surface area contributed by atoms with E-state index in [-0.39, 0.29) is 68.5 Å². The molecule has 1 aromatic carbocycles. The molecule has 0 saturated heterocycles. The van der Waals surface area contributed by atoms with Gasteiger partial charge in [-0.3, -0.25) is 4.79 Å². The molecule has 0 unspecified atom stereocenters. The fourth-order valence-electron chi connectivity index (χ4n) is 1.98. The number of hydrogen-bond donors (Lipinski definition) is 3. The Kier molecular flexibility index (Phi) is 5.43. The van der Waals surface area contributed by atoms with Crippen molar-refractivity contribution in [1.82, 2.24) is 15.0 Å². The molecule has 3 rings (SSSR count). The Morgan fingerprint density at radius 2 is 1.86 bits per heavy atom. The number of aromatic carboxylic acids is 1. The Morgan fingerprint density at radius 1 is 1.14 bits per heavy atom. The van der Waals surface area contributed by atoms with Gasteiger partial charge in [0.2, 0.25) is 0 Å². The number of H-pyrrole nitrogens is 1. The Labute approximate surface area is 167 Å². The number of rotatable bonds is 3. The van der Waals surface area contributed by atoms with Crippen LogP contribution in [0.3, 0.4) is 0 Å². The summed E-state index contributed by atoms with van der Waals surface area (Å²) in [5, 5.41) is 11.7. The maximum Gasteiger partial charge on any atom is 0.356 e. The number of fused-ring (bicyclic) bond motifs is 1. The summed E-state index contributed by atoms with van der Waals surface area (Å²) < 4.78 is 0. The molecule has 0 aliphatic carbocycles. The minimum Gasteiger partial charge on any atom is -0.476 e. The molecule has 0 bridgehead atoms. The van der Waals surface area contributed by atoms with Gasteiger partial charge < -0.3 is 15.4 Å². The van der Waals surface area contributed by atoms with Crippen LogP contribution in [0, 0.1) is 0 Å². The van der Waals surface area contributed by atoms with Gasteiger partial charge in [-0.25, -0.2) is 14.8 Å². The van der Waals surface area contributed by atoms with Crippen molar-refractivity contribution in [1.29, 1.82) is 0 Å². The van der Waals surface area contributed by atoms with Gasteiger partial charge in [-0.05, 0) is 12.1 Å². The van der Waals surface area contributed by atoms with Gasteiger partial charge in [0.15, 0.2) is 5.69 Å². The van der Waals surface area contributed by atoms with Crippen LogP contribution in [0.2, 0.25) is 0 Å². The molecule has 2 aromatic heterocycles. The number of aromatic amines is 1. The molecule has 2 heterocycles. The Morgan fingerprint density at radius 3 is 2.55 bits per heavy atom. The monoisotopic (exact) mass is 321 g/mol. The number of carboxylic acids is 1. The van der Waals surface area contributed by atoms with Crippen molar-refractivity contribution < 1.29 is 14.7 Å². The predicted molar refractivity (Wildman–Crippen MR) is 81.0 cm³/mol. The molecule has 8 heteroatoms. The van der Waals surface area contributed by atoms with Crippen molar-refractivity contribution in [2.45, 2.75) is 0 Å². The van der Waals surface area contributed by atoms with Gasteiger partial charge in [0.1, 0.15) is 17.4 Å². The first-order valence-electron chi connectivity index (χ1n) is 6.08. The molecule has 7 nitrogen and oxygen atoms in total. The molecule has 1 radical (unpaired) electrons. The first kappa shape index (κ1) is 16.8. The fraction of sp³-hybridized carbons (Fsp3) is 0. The number of nitrogens with zero attached hydrogens (tertiary/aromatic N) is 2. The summed E-state index contributed by atoms with van der Waals surface area (Å²) in [6.45, 7) is 0. The van der Waals surface area contributed by atoms with Gasteiger partial charge in [-0.1, -0.05) is 18.2 Å². The summed E-state index contributed by atoms with van der Waals surface area (Å²) in [5.74, 6) is -1.46. The molecule has 0 aliphatic rings. The maximum absolute atomic E-state index is 12.1. The second-order valence-corrected chi connectivity index (χ2v) is 4.27. The third-order valence-electron chi connectivity index (χ3n) is 2.95. The van der Waals surface area contributed by atoms with E-state index in [0.29, 0.717) is 16.8 Å². The average molecular weight is 321 g/mol. The summed E-state index contributed by atoms with van der Waals surface area (Å²) in [6.07, 6.45) is 2.64. The fourth-order valence-corrected chi connectivity index (χ4v) is 1.98. The SMILES string of the molecule is O=C(Nc1c[nH]c2c(C(=O)O)ncnc12)c1ccccc1.[K]. The number of benzene rings is 1. The number of hydrogen-bond acceptors (Lipinski definition) is 4. The zero-order chi connectivity index (χ0) is 14.8. The van der Waals surface area contributed by atoms with Crippen LogP contribution in [0.5, 0.6) is 0 Å². The Hall–Kier alpha value is -1.58. The minimum atomic E-state index is -1.16. The smallest absolute Gasteiger partial charge is 0.356 e. The van der Waals surface area contributed by atoms with Crippen molar-refractivity contribution in [3.05, 3.63) is 54.1 Å². The van der Waals surface area contributed by atoms with Crippen molar-refractivity contribution in [2.24, 2.45) is 0 Å². The number of amides is 1. The van der Waals surface area contributed by atoms with E-state index in [2.05, 4.69) is 20.3 Å². The van der Waals surface area contributed by atoms with Crippen LogP contribution < -0.4 is 5.32 Å². The van der Waals surface area contributed by atoms with Crippen molar-refractivity contribution in [2.75, 3.05) is 5.32 Å². The summed E-state index contributed by atoms with van der Waals surface area (Å²) in [4.78, 5) is 33.6. The molecule has 0 saturated carbocycles. The number of anilines is 1. The van der Waals surface area contributed by atoms with E-state index in [1.165, 1.54) is 6.20 Å². The molecule has 3 N–H and O–H groups in total. The molecule has 1 amide bonds. The van der Waals surface area contributed by atoms with E-state index in [4.69, 9.17) is 5.11 Å². The average Bonchev–Trinajstić information content (AvgIpc) is 2.91. The van der Waals surface area contributed by atoms with Gasteiger partial charge in [-0.2, -0.15) is 0 Å². The molecule has 0 fully saturated rings. The van der Waals surface area contributed by atoms with Crippen LogP contribution in [-0.4, -0.2) is 83.3 Å². The topological polar surface area (TPSA) is 108 Å². The number of carbonyl (C=O) groups excluding carboxylic acids is 1. The summed E-state index contributed by atoms with van der Waals surface area (Å²) in [6, 6.07) is 8.70. The largest absolute Gasteiger partial charge is 0.476 e. The Bertz CT molecular complexity index is 832. The van der Waals surface area contributed by atoms with Crippen LogP contribution in [0.25, 0.3) is 11.0 Å². The van der Waals surface area contributed by atoms with Crippen LogP contribution in [-0.2, 0) is 0 Å². The molecular weight excluding hydrogens is 311 g/mol. The van der Waals surface area contributed by atoms with Crippen LogP contribution in [0.1, 0.15) is 20.8 Å². The van der Waals surface area contributed by atoms with Crippen LogP contribution in [0.4, 0.5) is 5.69 Å². The van der Waals surface area contributed by atoms with Gasteiger partial charge in [0, 0.05) is 63.1 Å². The summed E-state index contributed by atoms with van der Waals surface area (Å²) in [7, 11) is 0. The molecule has 0 spiro atoms. The molecular formula is C14H10KN4O3. The van der Waals surface area contributed by atoms with E-state index in [9.17, 15) is 9.59 Å². The normalized spacial score (nSPS) is 10.0. The van der Waals surface area contributed by atoms with Crippen molar-refractivity contribution >= 4 is 80.0 Å². The standard InChI is InChI=1S/C14H10N4O3.K/c19-13(8-4-2-1-3-5-8)18-9-6-15-11-10(9)16-7-17-12(11)14(20)21;/h1-7,15H,(H,18,19)(H,20,21);. The zero-order valence-corrected chi connectivity index (χ0v) is 14.8. The van der Waals surface area contributed by atoms with Crippen LogP contribution >= 0.6 is 0 Å². The van der Waals surface area contributed by atoms with E-state index in [1.54, 1.807) is 24.3 Å². The number of carboxylic acid groups (broad SMARTS) is 1. The van der Waals surface area contributed by atoms with Gasteiger partial charge in [0.05, 0.1) is 5.69 Å². The van der Waals surface area contributed by atoms with Gasteiger partial charge in [0.25, 0.3) is 5.91 Å². The molecule has 105 valence electrons. The molecule has 0 aliphatic heterocycles. The molecule has 0 atom stereocenters. The van der Waals surface area contributed by atoms with Crippen LogP contribution in [0.15, 0.2) is 42.9 Å². The third-order valence-corrected chi connectivity index (χ3v) is 2.95. The van der Waals surface area contributed by atoms with Crippen molar-refractivity contribution in [3.8, 4) is 0 Å². The van der Waals surface area contributed by atoms with Gasteiger partial charge in [-0.15, -0.1) is 0 Å². The second kappa shape index (κ2) is 7.12. The summed E-state index contributed by atoms with van der Waals surface area (Å²) in [5.41, 5.74) is 1.39. The quantitative estimate of drug-likeness (QED) is 0.634. The summed E-state index contributed by atoms with van der Waals surface area (Å²) >= 11 is 0. The van der Waals surface area contributed by atoms with E-state index in [1.807, 2.05) is 6.07 Å². The molecule has 3 aromatic rings. The predicted octanol–water partition coefficient (Wildman–Crippen LogP) is 1.53.